The predicted octanol–water partition coefficient (Wildman–Crippen LogP) is 0.683. The van der Waals surface area contributed by atoms with Crippen molar-refractivity contribution in [1.82, 2.24) is 10.6 Å². The van der Waals surface area contributed by atoms with E-state index in [1.54, 1.807) is 0 Å². The van der Waals surface area contributed by atoms with Crippen LogP contribution in [0.3, 0.4) is 0 Å². The van der Waals surface area contributed by atoms with Gasteiger partial charge in [0.2, 0.25) is 0 Å². The van der Waals surface area contributed by atoms with E-state index in [1.165, 1.54) is 6.26 Å². The van der Waals surface area contributed by atoms with Crippen molar-refractivity contribution in [3.63, 3.8) is 0 Å². The summed E-state index contributed by atoms with van der Waals surface area (Å²) < 4.78 is 39.4. The Labute approximate surface area is 154 Å². The lowest BCUT2D eigenvalue weighted by molar-refractivity contribution is 0.157. The largest absolute Gasteiger partial charge is 0.378 e. The van der Waals surface area contributed by atoms with Gasteiger partial charge in [-0.2, -0.15) is 0 Å². The number of rotatable bonds is 10. The van der Waals surface area contributed by atoms with E-state index in [1.807, 2.05) is 13.8 Å². The van der Waals surface area contributed by atoms with Crippen LogP contribution < -0.4 is 10.6 Å². The summed E-state index contributed by atoms with van der Waals surface area (Å²) in [6.07, 6.45) is 5.30. The minimum absolute atomic E-state index is 0.0348. The van der Waals surface area contributed by atoms with Crippen LogP contribution in [-0.2, 0) is 25.4 Å². The van der Waals surface area contributed by atoms with E-state index in [0.717, 1.165) is 43.9 Å². The molecule has 0 radical (unpaired) electrons. The fourth-order valence-corrected chi connectivity index (χ4v) is 4.57. The number of ether oxygens (including phenoxy) is 1. The molecule has 1 aliphatic carbocycles. The molecule has 25 heavy (non-hydrogen) atoms. The molecule has 1 fully saturated rings. The Bertz CT molecular complexity index is 537. The lowest BCUT2D eigenvalue weighted by atomic mass is 9.95. The molecule has 3 atom stereocenters. The first-order valence-electron chi connectivity index (χ1n) is 9.03. The van der Waals surface area contributed by atoms with Gasteiger partial charge in [0.15, 0.2) is 5.96 Å². The molecule has 7 nitrogen and oxygen atoms in total. The van der Waals surface area contributed by atoms with Gasteiger partial charge in [-0.25, -0.2) is 8.42 Å². The van der Waals surface area contributed by atoms with E-state index < -0.39 is 20.6 Å². The lowest BCUT2D eigenvalue weighted by Crippen LogP contribution is -2.46. The molecule has 9 heteroatoms. The van der Waals surface area contributed by atoms with Crippen LogP contribution in [-0.4, -0.2) is 73.9 Å². The van der Waals surface area contributed by atoms with Gasteiger partial charge in [-0.1, -0.05) is 13.3 Å². The molecule has 0 heterocycles. The summed E-state index contributed by atoms with van der Waals surface area (Å²) in [7, 11) is -3.72. The van der Waals surface area contributed by atoms with Crippen molar-refractivity contribution >= 4 is 26.6 Å². The summed E-state index contributed by atoms with van der Waals surface area (Å²) in [5.41, 5.74) is 0. The van der Waals surface area contributed by atoms with Crippen LogP contribution in [0, 0.1) is 0 Å². The molecule has 0 aromatic carbocycles. The van der Waals surface area contributed by atoms with E-state index in [0.29, 0.717) is 19.2 Å². The van der Waals surface area contributed by atoms with Gasteiger partial charge in [-0.15, -0.1) is 0 Å². The molecule has 148 valence electrons. The van der Waals surface area contributed by atoms with Crippen LogP contribution in [0.2, 0.25) is 0 Å². The van der Waals surface area contributed by atoms with Gasteiger partial charge < -0.3 is 15.4 Å². The quantitative estimate of drug-likeness (QED) is 0.321. The summed E-state index contributed by atoms with van der Waals surface area (Å²) in [5.74, 6) is 1.49. The minimum atomic E-state index is -2.98. The first kappa shape index (κ1) is 22.4. The van der Waals surface area contributed by atoms with Crippen LogP contribution in [0.4, 0.5) is 0 Å². The highest BCUT2D eigenvalue weighted by Gasteiger charge is 2.25. The van der Waals surface area contributed by atoms with E-state index >= 15 is 0 Å². The number of sulfone groups is 1. The molecule has 1 aliphatic rings. The second-order valence-electron chi connectivity index (χ2n) is 6.30. The molecule has 0 amide bonds. The van der Waals surface area contributed by atoms with Crippen LogP contribution in [0.15, 0.2) is 4.99 Å². The van der Waals surface area contributed by atoms with Crippen molar-refractivity contribution in [2.75, 3.05) is 44.1 Å². The molecule has 2 N–H and O–H groups in total. The standard InChI is InChI=1S/C16H33N3O4S2/c1-4-17-16(18-9-10-23-11-12-25(3,21)22)19-14-7-6-8-15(13-14)24(20)5-2/h14-15H,4-13H2,1-3H3,(H2,17,18,19). The number of nitrogens with zero attached hydrogens (tertiary/aromatic N) is 1. The average Bonchev–Trinajstić information content (AvgIpc) is 2.56. The van der Waals surface area contributed by atoms with E-state index in [-0.39, 0.29) is 17.6 Å². The lowest BCUT2D eigenvalue weighted by Gasteiger charge is -2.30. The van der Waals surface area contributed by atoms with Crippen LogP contribution in [0.1, 0.15) is 39.5 Å². The fourth-order valence-electron chi connectivity index (χ4n) is 2.80. The maximum Gasteiger partial charge on any atom is 0.191 e. The molecular weight excluding hydrogens is 362 g/mol. The second-order valence-corrected chi connectivity index (χ2v) is 10.6. The van der Waals surface area contributed by atoms with Crippen molar-refractivity contribution in [1.29, 1.82) is 0 Å². The zero-order chi connectivity index (χ0) is 18.7. The highest BCUT2D eigenvalue weighted by molar-refractivity contribution is 7.90. The van der Waals surface area contributed by atoms with Gasteiger partial charge >= 0.3 is 0 Å². The Kier molecular flexibility index (Phi) is 10.6. The predicted molar refractivity (Wildman–Crippen MR) is 104 cm³/mol. The molecule has 0 spiro atoms. The Balaban J connectivity index is 2.40. The topological polar surface area (TPSA) is 96.9 Å². The molecule has 1 rings (SSSR count). The van der Waals surface area contributed by atoms with Crippen LogP contribution in [0.5, 0.6) is 0 Å². The van der Waals surface area contributed by atoms with Gasteiger partial charge in [-0.05, 0) is 26.2 Å². The fraction of sp³-hybridized carbons (Fsp3) is 0.938. The third-order valence-corrected chi connectivity index (χ3v) is 6.72. The van der Waals surface area contributed by atoms with Gasteiger partial charge in [0, 0.05) is 40.6 Å². The number of aliphatic imine (C=N–C) groups is 1. The van der Waals surface area contributed by atoms with E-state index in [4.69, 9.17) is 4.74 Å². The Morgan fingerprint density at radius 3 is 2.68 bits per heavy atom. The molecule has 0 aliphatic heterocycles. The SMILES string of the molecule is CCNC(=NCCOCCS(C)(=O)=O)NC1CCCC(S(=O)CC)C1. The first-order chi connectivity index (χ1) is 11.9. The Morgan fingerprint density at radius 2 is 2.04 bits per heavy atom. The van der Waals surface area contributed by atoms with Crippen molar-refractivity contribution in [2.45, 2.75) is 50.8 Å². The van der Waals surface area contributed by atoms with Crippen LogP contribution >= 0.6 is 0 Å². The second kappa shape index (κ2) is 11.9. The molecule has 0 saturated heterocycles. The van der Waals surface area contributed by atoms with Crippen molar-refractivity contribution < 1.29 is 17.4 Å². The maximum absolute atomic E-state index is 12.0. The highest BCUT2D eigenvalue weighted by atomic mass is 32.2. The Hall–Kier alpha value is -0.670. The number of guanidine groups is 1. The molecule has 0 aromatic rings. The van der Waals surface area contributed by atoms with Crippen molar-refractivity contribution in [3.8, 4) is 0 Å². The summed E-state index contributed by atoms with van der Waals surface area (Å²) in [6.45, 7) is 5.80. The van der Waals surface area contributed by atoms with Crippen molar-refractivity contribution in [2.24, 2.45) is 4.99 Å². The first-order valence-corrected chi connectivity index (χ1v) is 12.5. The zero-order valence-corrected chi connectivity index (χ0v) is 17.3. The molecule has 0 aromatic heterocycles. The van der Waals surface area contributed by atoms with Crippen LogP contribution in [0.25, 0.3) is 0 Å². The Morgan fingerprint density at radius 1 is 1.28 bits per heavy atom. The molecular formula is C16H33N3O4S2. The van der Waals surface area contributed by atoms with Crippen molar-refractivity contribution in [3.05, 3.63) is 0 Å². The molecule has 0 bridgehead atoms. The van der Waals surface area contributed by atoms with Gasteiger partial charge in [0.25, 0.3) is 0 Å². The number of hydrogen-bond acceptors (Lipinski definition) is 5. The average molecular weight is 396 g/mol. The highest BCUT2D eigenvalue weighted by Crippen LogP contribution is 2.22. The van der Waals surface area contributed by atoms with Gasteiger partial charge in [0.05, 0.1) is 25.5 Å². The normalized spacial score (nSPS) is 23.2. The summed E-state index contributed by atoms with van der Waals surface area (Å²) in [5, 5.41) is 6.93. The molecule has 1 saturated carbocycles. The third-order valence-electron chi connectivity index (χ3n) is 4.07. The monoisotopic (exact) mass is 395 g/mol. The minimum Gasteiger partial charge on any atom is -0.378 e. The number of hydrogen-bond donors (Lipinski definition) is 2. The maximum atomic E-state index is 12.0. The number of nitrogens with one attached hydrogen (secondary N) is 2. The van der Waals surface area contributed by atoms with E-state index in [2.05, 4.69) is 15.6 Å². The van der Waals surface area contributed by atoms with Gasteiger partial charge in [0.1, 0.15) is 9.84 Å². The molecule has 3 unspecified atom stereocenters. The van der Waals surface area contributed by atoms with Gasteiger partial charge in [-0.3, -0.25) is 9.20 Å². The summed E-state index contributed by atoms with van der Waals surface area (Å²) in [4.78, 5) is 4.48. The van der Waals surface area contributed by atoms with E-state index in [9.17, 15) is 12.6 Å². The summed E-state index contributed by atoms with van der Waals surface area (Å²) >= 11 is 0. The smallest absolute Gasteiger partial charge is 0.191 e. The third kappa shape index (κ3) is 10.2. The summed E-state index contributed by atoms with van der Waals surface area (Å²) in [6, 6.07) is 0.290. The zero-order valence-electron chi connectivity index (χ0n) is 15.6.